The van der Waals surface area contributed by atoms with Crippen LogP contribution in [-0.4, -0.2) is 33.8 Å². The molecule has 0 saturated heterocycles. The monoisotopic (exact) mass is 349 g/mol. The van der Waals surface area contributed by atoms with Crippen LogP contribution in [0.4, 0.5) is 0 Å². The van der Waals surface area contributed by atoms with Crippen molar-refractivity contribution in [2.75, 3.05) is 25.3 Å². The van der Waals surface area contributed by atoms with Gasteiger partial charge in [0.1, 0.15) is 9.84 Å². The third-order valence-electron chi connectivity index (χ3n) is 2.68. The van der Waals surface area contributed by atoms with E-state index in [9.17, 15) is 8.42 Å². The molecular weight excluding hydrogens is 334 g/mol. The average molecular weight is 350 g/mol. The van der Waals surface area contributed by atoms with E-state index < -0.39 is 9.84 Å². The van der Waals surface area contributed by atoms with Gasteiger partial charge < -0.3 is 14.8 Å². The molecule has 1 aromatic carbocycles. The molecular formula is C12H16BrNO4S. The van der Waals surface area contributed by atoms with Crippen molar-refractivity contribution in [3.63, 3.8) is 0 Å². The Labute approximate surface area is 121 Å². The molecule has 1 aliphatic rings. The highest BCUT2D eigenvalue weighted by atomic mass is 79.9. The minimum atomic E-state index is -2.87. The Kier molecular flexibility index (Phi) is 4.70. The summed E-state index contributed by atoms with van der Waals surface area (Å²) in [6.45, 7) is 1.58. The normalized spacial score (nSPS) is 13.8. The molecule has 1 N–H and O–H groups in total. The number of hydrogen-bond donors (Lipinski definition) is 1. The Hall–Kier alpha value is -0.790. The summed E-state index contributed by atoms with van der Waals surface area (Å²) in [5, 5.41) is 3.21. The van der Waals surface area contributed by atoms with Crippen LogP contribution >= 0.6 is 15.9 Å². The van der Waals surface area contributed by atoms with Gasteiger partial charge in [-0.15, -0.1) is 0 Å². The van der Waals surface area contributed by atoms with Gasteiger partial charge in [-0.2, -0.15) is 0 Å². The topological polar surface area (TPSA) is 64.6 Å². The van der Waals surface area contributed by atoms with E-state index in [1.54, 1.807) is 0 Å². The van der Waals surface area contributed by atoms with Crippen molar-refractivity contribution in [3.05, 3.63) is 22.2 Å². The lowest BCUT2D eigenvalue weighted by molar-refractivity contribution is 0.173. The summed E-state index contributed by atoms with van der Waals surface area (Å²) in [5.41, 5.74) is 1.07. The van der Waals surface area contributed by atoms with E-state index in [4.69, 9.17) is 9.47 Å². The first-order valence-electron chi connectivity index (χ1n) is 5.92. The fourth-order valence-electron chi connectivity index (χ4n) is 1.81. The van der Waals surface area contributed by atoms with E-state index in [0.29, 0.717) is 19.5 Å². The van der Waals surface area contributed by atoms with E-state index in [1.807, 2.05) is 12.1 Å². The van der Waals surface area contributed by atoms with E-state index in [1.165, 1.54) is 6.26 Å². The lowest BCUT2D eigenvalue weighted by Crippen LogP contribution is -2.17. The minimum absolute atomic E-state index is 0.213. The summed E-state index contributed by atoms with van der Waals surface area (Å²) in [6.07, 6.45) is 1.87. The second kappa shape index (κ2) is 6.11. The van der Waals surface area contributed by atoms with Crippen LogP contribution in [0, 0.1) is 0 Å². The van der Waals surface area contributed by atoms with Crippen molar-refractivity contribution in [1.82, 2.24) is 5.32 Å². The fraction of sp³-hybridized carbons (Fsp3) is 0.500. The van der Waals surface area contributed by atoms with Gasteiger partial charge in [-0.1, -0.05) is 0 Å². The van der Waals surface area contributed by atoms with Gasteiger partial charge in [0.05, 0.1) is 10.2 Å². The number of hydrogen-bond acceptors (Lipinski definition) is 5. The highest BCUT2D eigenvalue weighted by Crippen LogP contribution is 2.39. The molecule has 0 unspecified atom stereocenters. The van der Waals surface area contributed by atoms with Crippen LogP contribution in [0.2, 0.25) is 0 Å². The maximum absolute atomic E-state index is 11.0. The molecule has 1 heterocycles. The van der Waals surface area contributed by atoms with E-state index in [-0.39, 0.29) is 12.5 Å². The van der Waals surface area contributed by atoms with Gasteiger partial charge in [-0.3, -0.25) is 0 Å². The summed E-state index contributed by atoms with van der Waals surface area (Å²) in [7, 11) is -2.87. The molecule has 2 rings (SSSR count). The van der Waals surface area contributed by atoms with Gasteiger partial charge in [0.2, 0.25) is 6.79 Å². The Balaban J connectivity index is 1.82. The Morgan fingerprint density at radius 2 is 2.16 bits per heavy atom. The maximum Gasteiger partial charge on any atom is 0.231 e. The third kappa shape index (κ3) is 4.36. The molecule has 7 heteroatoms. The molecule has 0 fully saturated rings. The standard InChI is InChI=1S/C12H16BrNO4S/c1-19(15,16)4-2-3-14-7-9-5-10(13)12-11(6-9)17-8-18-12/h5-6,14H,2-4,7-8H2,1H3. The SMILES string of the molecule is CS(=O)(=O)CCCNCc1cc(Br)c2c(c1)OCO2. The molecule has 0 saturated carbocycles. The first-order valence-corrected chi connectivity index (χ1v) is 8.77. The van der Waals surface area contributed by atoms with Crippen LogP contribution in [0.5, 0.6) is 11.5 Å². The van der Waals surface area contributed by atoms with Gasteiger partial charge in [0.25, 0.3) is 0 Å². The highest BCUT2D eigenvalue weighted by Gasteiger charge is 2.17. The lowest BCUT2D eigenvalue weighted by atomic mass is 10.2. The zero-order valence-corrected chi connectivity index (χ0v) is 13.0. The number of fused-ring (bicyclic) bond motifs is 1. The number of sulfone groups is 1. The van der Waals surface area contributed by atoms with Gasteiger partial charge in [-0.25, -0.2) is 8.42 Å². The van der Waals surface area contributed by atoms with Crippen LogP contribution in [0.1, 0.15) is 12.0 Å². The summed E-state index contributed by atoms with van der Waals surface area (Å²) in [5.74, 6) is 1.69. The molecule has 1 aliphatic heterocycles. The minimum Gasteiger partial charge on any atom is -0.454 e. The van der Waals surface area contributed by atoms with Crippen LogP contribution in [0.25, 0.3) is 0 Å². The van der Waals surface area contributed by atoms with Gasteiger partial charge in [0, 0.05) is 12.8 Å². The van der Waals surface area contributed by atoms with Gasteiger partial charge in [-0.05, 0) is 46.6 Å². The first-order chi connectivity index (χ1) is 8.96. The molecule has 0 atom stereocenters. The smallest absolute Gasteiger partial charge is 0.231 e. The van der Waals surface area contributed by atoms with Crippen molar-refractivity contribution < 1.29 is 17.9 Å². The molecule has 19 heavy (non-hydrogen) atoms. The van der Waals surface area contributed by atoms with E-state index in [2.05, 4.69) is 21.2 Å². The Bertz CT molecular complexity index is 559. The fourth-order valence-corrected chi connectivity index (χ4v) is 3.09. The van der Waals surface area contributed by atoms with Crippen molar-refractivity contribution in [2.24, 2.45) is 0 Å². The van der Waals surface area contributed by atoms with Crippen LogP contribution in [0.3, 0.4) is 0 Å². The van der Waals surface area contributed by atoms with Gasteiger partial charge in [0.15, 0.2) is 11.5 Å². The summed E-state index contributed by atoms with van der Waals surface area (Å²) < 4.78 is 33.5. The molecule has 0 radical (unpaired) electrons. The first kappa shape index (κ1) is 14.6. The van der Waals surface area contributed by atoms with Crippen LogP contribution in [0.15, 0.2) is 16.6 Å². The lowest BCUT2D eigenvalue weighted by Gasteiger charge is -2.07. The Morgan fingerprint density at radius 3 is 2.89 bits per heavy atom. The zero-order chi connectivity index (χ0) is 13.9. The molecule has 0 bridgehead atoms. The van der Waals surface area contributed by atoms with E-state index in [0.717, 1.165) is 21.5 Å². The van der Waals surface area contributed by atoms with Crippen LogP contribution in [-0.2, 0) is 16.4 Å². The quantitative estimate of drug-likeness (QED) is 0.792. The van der Waals surface area contributed by atoms with Crippen molar-refractivity contribution >= 4 is 25.8 Å². The van der Waals surface area contributed by atoms with Crippen LogP contribution < -0.4 is 14.8 Å². The largest absolute Gasteiger partial charge is 0.454 e. The zero-order valence-electron chi connectivity index (χ0n) is 10.6. The van der Waals surface area contributed by atoms with Gasteiger partial charge >= 0.3 is 0 Å². The summed E-state index contributed by atoms with van der Waals surface area (Å²) in [4.78, 5) is 0. The maximum atomic E-state index is 11.0. The molecule has 1 aromatic rings. The predicted octanol–water partition coefficient (Wildman–Crippen LogP) is 1.70. The number of rotatable bonds is 6. The number of benzene rings is 1. The average Bonchev–Trinajstić information content (AvgIpc) is 2.75. The molecule has 0 aliphatic carbocycles. The highest BCUT2D eigenvalue weighted by molar-refractivity contribution is 9.10. The van der Waals surface area contributed by atoms with Crippen molar-refractivity contribution in [2.45, 2.75) is 13.0 Å². The predicted molar refractivity (Wildman–Crippen MR) is 76.3 cm³/mol. The summed E-state index contributed by atoms with van der Waals surface area (Å²) >= 11 is 3.43. The molecule has 0 spiro atoms. The number of halogens is 1. The molecule has 0 aromatic heterocycles. The third-order valence-corrected chi connectivity index (χ3v) is 4.30. The second-order valence-corrected chi connectivity index (χ2v) is 7.59. The number of ether oxygens (including phenoxy) is 2. The molecule has 5 nitrogen and oxygen atoms in total. The second-order valence-electron chi connectivity index (χ2n) is 4.47. The number of nitrogens with one attached hydrogen (secondary N) is 1. The van der Waals surface area contributed by atoms with Crippen molar-refractivity contribution in [3.8, 4) is 11.5 Å². The van der Waals surface area contributed by atoms with E-state index >= 15 is 0 Å². The summed E-state index contributed by atoms with van der Waals surface area (Å²) in [6, 6.07) is 3.90. The van der Waals surface area contributed by atoms with Crippen molar-refractivity contribution in [1.29, 1.82) is 0 Å². The molecule has 0 amide bonds. The Morgan fingerprint density at radius 1 is 1.37 bits per heavy atom. The molecule has 106 valence electrons.